The summed E-state index contributed by atoms with van der Waals surface area (Å²) in [7, 11) is 0. The van der Waals surface area contributed by atoms with E-state index < -0.39 is 0 Å². The van der Waals surface area contributed by atoms with Crippen LogP contribution in [-0.2, 0) is 21.1 Å². The van der Waals surface area contributed by atoms with E-state index in [9.17, 15) is 0 Å². The summed E-state index contributed by atoms with van der Waals surface area (Å²) in [5.74, 6) is 0. The Morgan fingerprint density at radius 1 is 1.00 bits per heavy atom. The summed E-state index contributed by atoms with van der Waals surface area (Å²) >= 11 is 5.73. The standard InChI is InChI=1S/C6H10Cl.Mo/c7-6-4-2-1-3-5-6;/h1-5H2;/q-1;. The Morgan fingerprint density at radius 3 is 1.75 bits per heavy atom. The molecule has 8 heavy (non-hydrogen) atoms. The van der Waals surface area contributed by atoms with Crippen molar-refractivity contribution in [2.75, 3.05) is 0 Å². The minimum Gasteiger partial charge on any atom is -0.346 e. The molecule has 2 heteroatoms. The van der Waals surface area contributed by atoms with E-state index in [1.165, 1.54) is 37.5 Å². The molecule has 0 spiro atoms. The Labute approximate surface area is 70.2 Å². The third-order valence-corrected chi connectivity index (χ3v) is 1.77. The molecule has 0 aliphatic heterocycles. The molecule has 0 aromatic carbocycles. The number of hydrogen-bond acceptors (Lipinski definition) is 0. The molecule has 0 aromatic heterocycles. The summed E-state index contributed by atoms with van der Waals surface area (Å²) in [5.41, 5.74) is 0. The van der Waals surface area contributed by atoms with Gasteiger partial charge in [0.1, 0.15) is 0 Å². The molecule has 0 amide bonds. The van der Waals surface area contributed by atoms with Gasteiger partial charge in [-0.15, -0.1) is 0 Å². The minimum atomic E-state index is 0. The summed E-state index contributed by atoms with van der Waals surface area (Å²) in [5, 5.41) is 1.19. The van der Waals surface area contributed by atoms with Gasteiger partial charge >= 0.3 is 0 Å². The van der Waals surface area contributed by atoms with E-state index in [1.807, 2.05) is 0 Å². The van der Waals surface area contributed by atoms with Crippen molar-refractivity contribution in [2.45, 2.75) is 32.1 Å². The molecule has 1 aliphatic carbocycles. The summed E-state index contributed by atoms with van der Waals surface area (Å²) in [6.45, 7) is 0. The van der Waals surface area contributed by atoms with E-state index in [1.54, 1.807) is 0 Å². The summed E-state index contributed by atoms with van der Waals surface area (Å²) in [6.07, 6.45) is 6.36. The van der Waals surface area contributed by atoms with Gasteiger partial charge in [-0.1, -0.05) is 19.3 Å². The van der Waals surface area contributed by atoms with Crippen LogP contribution in [0, 0.1) is 5.38 Å². The second-order valence-corrected chi connectivity index (χ2v) is 2.61. The molecule has 0 saturated heterocycles. The molecule has 0 bridgehead atoms. The fourth-order valence-corrected chi connectivity index (χ4v) is 1.20. The van der Waals surface area contributed by atoms with Crippen LogP contribution in [0.1, 0.15) is 32.1 Å². The van der Waals surface area contributed by atoms with Crippen LogP contribution in [0.5, 0.6) is 0 Å². The van der Waals surface area contributed by atoms with Crippen LogP contribution in [0.4, 0.5) is 0 Å². The first kappa shape index (κ1) is 8.98. The van der Waals surface area contributed by atoms with Crippen molar-refractivity contribution in [3.8, 4) is 0 Å². The van der Waals surface area contributed by atoms with Gasteiger partial charge in [0.2, 0.25) is 0 Å². The first-order chi connectivity index (χ1) is 3.39. The van der Waals surface area contributed by atoms with Crippen LogP contribution in [0.25, 0.3) is 0 Å². The summed E-state index contributed by atoms with van der Waals surface area (Å²) < 4.78 is 0. The van der Waals surface area contributed by atoms with Gasteiger partial charge in [0.15, 0.2) is 0 Å². The molecule has 1 saturated carbocycles. The van der Waals surface area contributed by atoms with Gasteiger partial charge < -0.3 is 11.6 Å². The van der Waals surface area contributed by atoms with Crippen molar-refractivity contribution in [1.29, 1.82) is 0 Å². The second-order valence-electron chi connectivity index (χ2n) is 2.08. The van der Waals surface area contributed by atoms with Gasteiger partial charge in [-0.2, -0.15) is 12.8 Å². The van der Waals surface area contributed by atoms with Crippen LogP contribution < -0.4 is 0 Å². The Balaban J connectivity index is 0.000000490. The Hall–Kier alpha value is 0.978. The molecule has 1 rings (SSSR count). The normalized spacial score (nSPS) is 22.1. The third kappa shape index (κ3) is 3.09. The fraction of sp³-hybridized carbons (Fsp3) is 0.833. The Morgan fingerprint density at radius 2 is 1.50 bits per heavy atom. The van der Waals surface area contributed by atoms with Crippen molar-refractivity contribution >= 4 is 11.6 Å². The molecule has 0 radical (unpaired) electrons. The molecular weight excluding hydrogens is 203 g/mol. The van der Waals surface area contributed by atoms with Crippen LogP contribution in [0.3, 0.4) is 0 Å². The van der Waals surface area contributed by atoms with E-state index in [2.05, 4.69) is 0 Å². The molecule has 1 aliphatic rings. The topological polar surface area (TPSA) is 0 Å². The summed E-state index contributed by atoms with van der Waals surface area (Å²) in [6, 6.07) is 0. The third-order valence-electron chi connectivity index (χ3n) is 1.40. The number of hydrogen-bond donors (Lipinski definition) is 0. The van der Waals surface area contributed by atoms with E-state index in [0.29, 0.717) is 0 Å². The molecule has 1 fully saturated rings. The van der Waals surface area contributed by atoms with Gasteiger partial charge in [0, 0.05) is 21.1 Å². The molecule has 0 nitrogen and oxygen atoms in total. The zero-order chi connectivity index (χ0) is 5.11. The van der Waals surface area contributed by atoms with Gasteiger partial charge in [-0.3, -0.25) is 0 Å². The van der Waals surface area contributed by atoms with Crippen molar-refractivity contribution in [3.63, 3.8) is 0 Å². The monoisotopic (exact) mass is 215 g/mol. The molecular formula is C6H10ClMo-. The molecule has 0 unspecified atom stereocenters. The van der Waals surface area contributed by atoms with Crippen molar-refractivity contribution in [2.24, 2.45) is 0 Å². The molecule has 48 valence electrons. The van der Waals surface area contributed by atoms with E-state index in [0.717, 1.165) is 0 Å². The first-order valence-electron chi connectivity index (χ1n) is 2.90. The average Bonchev–Trinajstić information content (AvgIpc) is 1.69. The van der Waals surface area contributed by atoms with E-state index in [4.69, 9.17) is 11.6 Å². The van der Waals surface area contributed by atoms with E-state index in [-0.39, 0.29) is 21.1 Å². The Bertz CT molecular complexity index is 50.5. The minimum absolute atomic E-state index is 0. The summed E-state index contributed by atoms with van der Waals surface area (Å²) in [4.78, 5) is 0. The SMILES string of the molecule is Cl[C-]1CCCCC1.[Mo]. The second kappa shape index (κ2) is 4.82. The van der Waals surface area contributed by atoms with Gasteiger partial charge in [-0.25, -0.2) is 5.38 Å². The van der Waals surface area contributed by atoms with Crippen molar-refractivity contribution in [1.82, 2.24) is 0 Å². The smallest absolute Gasteiger partial charge is 0 e. The fourth-order valence-electron chi connectivity index (χ4n) is 0.935. The zero-order valence-corrected chi connectivity index (χ0v) is 7.58. The van der Waals surface area contributed by atoms with Crippen LogP contribution in [0.2, 0.25) is 0 Å². The largest absolute Gasteiger partial charge is 0.346 e. The maximum atomic E-state index is 5.73. The van der Waals surface area contributed by atoms with Crippen LogP contribution in [-0.4, -0.2) is 0 Å². The molecule has 0 heterocycles. The zero-order valence-electron chi connectivity index (χ0n) is 4.82. The Kier molecular flexibility index (Phi) is 5.41. The van der Waals surface area contributed by atoms with Crippen LogP contribution in [0.15, 0.2) is 0 Å². The van der Waals surface area contributed by atoms with E-state index >= 15 is 0 Å². The molecule has 0 N–H and O–H groups in total. The average molecular weight is 214 g/mol. The number of halogens is 1. The quantitative estimate of drug-likeness (QED) is 0.429. The molecule has 0 atom stereocenters. The van der Waals surface area contributed by atoms with Crippen molar-refractivity contribution < 1.29 is 21.1 Å². The van der Waals surface area contributed by atoms with Gasteiger partial charge in [0.05, 0.1) is 0 Å². The van der Waals surface area contributed by atoms with Crippen molar-refractivity contribution in [3.05, 3.63) is 5.38 Å². The number of rotatable bonds is 0. The van der Waals surface area contributed by atoms with Gasteiger partial charge in [-0.05, 0) is 0 Å². The maximum absolute atomic E-state index is 5.73. The predicted molar refractivity (Wildman–Crippen MR) is 32.2 cm³/mol. The maximum Gasteiger partial charge on any atom is 0 e. The predicted octanol–water partition coefficient (Wildman–Crippen LogP) is 2.72. The van der Waals surface area contributed by atoms with Gasteiger partial charge in [0.25, 0.3) is 0 Å². The molecule has 0 aromatic rings. The first-order valence-corrected chi connectivity index (χ1v) is 3.27. The van der Waals surface area contributed by atoms with Crippen LogP contribution >= 0.6 is 11.6 Å².